The van der Waals surface area contributed by atoms with Crippen molar-refractivity contribution in [3.05, 3.63) is 57.8 Å². The zero-order valence-corrected chi connectivity index (χ0v) is 35.0. The summed E-state index contributed by atoms with van der Waals surface area (Å²) in [5.41, 5.74) is -0.930. The molecule has 57 heavy (non-hydrogen) atoms. The van der Waals surface area contributed by atoms with Gasteiger partial charge in [0, 0.05) is 73.5 Å². The number of phenols is 2. The molecular weight excluding hydrogens is 749 g/mol. The van der Waals surface area contributed by atoms with Crippen molar-refractivity contribution in [2.75, 3.05) is 23.9 Å². The van der Waals surface area contributed by atoms with E-state index >= 15 is 0 Å². The monoisotopic (exact) mass is 804 g/mol. The van der Waals surface area contributed by atoms with Crippen molar-refractivity contribution in [2.45, 2.75) is 110 Å². The highest BCUT2D eigenvalue weighted by molar-refractivity contribution is 7.99. The molecule has 4 aliphatic rings. The number of esters is 1. The van der Waals surface area contributed by atoms with Crippen molar-refractivity contribution in [2.24, 2.45) is 33.7 Å². The van der Waals surface area contributed by atoms with E-state index in [0.29, 0.717) is 40.5 Å². The highest BCUT2D eigenvalue weighted by Gasteiger charge is 2.46. The first-order chi connectivity index (χ1) is 26.9. The molecule has 1 fully saturated rings. The zero-order valence-electron chi connectivity index (χ0n) is 34.2. The van der Waals surface area contributed by atoms with E-state index in [9.17, 15) is 35.4 Å². The van der Waals surface area contributed by atoms with E-state index < -0.39 is 77.0 Å². The minimum absolute atomic E-state index is 0.0193. The third-order valence-corrected chi connectivity index (χ3v) is 13.3. The van der Waals surface area contributed by atoms with Gasteiger partial charge in [0.2, 0.25) is 0 Å². The number of hydrogen-bond acceptors (Lipinski definition) is 13. The van der Waals surface area contributed by atoms with Gasteiger partial charge in [0.05, 0.1) is 40.3 Å². The smallest absolute Gasteiger partial charge is 0.302 e. The molecular formula is C43H56N4O9S. The number of carbonyl (C=O) groups excluding carboxylic acids is 2. The van der Waals surface area contributed by atoms with Crippen LogP contribution < -0.4 is 20.8 Å². The van der Waals surface area contributed by atoms with Crippen LogP contribution in [-0.4, -0.2) is 92.3 Å². The summed E-state index contributed by atoms with van der Waals surface area (Å²) in [5.74, 6) is -1.88. The van der Waals surface area contributed by atoms with Crippen molar-refractivity contribution in [1.82, 2.24) is 0 Å². The Kier molecular flexibility index (Phi) is 12.0. The summed E-state index contributed by atoms with van der Waals surface area (Å²) >= 11 is 1.81. The number of aliphatic hydroxyl groups excluding tert-OH is 2. The Morgan fingerprint density at radius 2 is 1.65 bits per heavy atom. The van der Waals surface area contributed by atoms with Gasteiger partial charge in [-0.25, -0.2) is 0 Å². The number of benzene rings is 2. The van der Waals surface area contributed by atoms with Crippen molar-refractivity contribution in [3.8, 4) is 17.2 Å². The second-order valence-electron chi connectivity index (χ2n) is 16.4. The van der Waals surface area contributed by atoms with E-state index in [1.807, 2.05) is 19.1 Å². The maximum atomic E-state index is 13.8. The lowest BCUT2D eigenvalue weighted by molar-refractivity contribution is -0.160. The molecule has 13 nitrogen and oxygen atoms in total. The maximum absolute atomic E-state index is 13.8. The Bertz CT molecular complexity index is 2200. The molecule has 9 atom stereocenters. The number of anilines is 1. The normalized spacial score (nSPS) is 33.8. The quantitative estimate of drug-likeness (QED) is 0.134. The number of nitrogens with zero attached hydrogens (tertiary/aromatic N) is 2. The molecule has 6 rings (SSSR count). The molecule has 0 aliphatic carbocycles. The van der Waals surface area contributed by atoms with Gasteiger partial charge in [0.25, 0.3) is 5.91 Å². The van der Waals surface area contributed by atoms with Crippen LogP contribution in [0.4, 0.5) is 5.69 Å². The van der Waals surface area contributed by atoms with Crippen LogP contribution in [0.25, 0.3) is 10.8 Å². The first-order valence-corrected chi connectivity index (χ1v) is 20.8. The lowest BCUT2D eigenvalue weighted by Gasteiger charge is -2.38. The summed E-state index contributed by atoms with van der Waals surface area (Å²) < 4.78 is 18.3. The molecule has 6 N–H and O–H groups in total. The van der Waals surface area contributed by atoms with Crippen LogP contribution in [0.15, 0.2) is 45.9 Å². The molecule has 0 aromatic heterocycles. The molecule has 0 saturated carbocycles. The van der Waals surface area contributed by atoms with Gasteiger partial charge < -0.3 is 45.4 Å². The Hall–Kier alpha value is -4.24. The molecule has 1 saturated heterocycles. The molecule has 4 bridgehead atoms. The number of ether oxygens (including phenoxy) is 3. The average Bonchev–Trinajstić information content (AvgIpc) is 3.67. The van der Waals surface area contributed by atoms with Crippen LogP contribution in [0.2, 0.25) is 0 Å². The van der Waals surface area contributed by atoms with E-state index in [0.717, 1.165) is 11.5 Å². The fourth-order valence-electron chi connectivity index (χ4n) is 8.63. The third kappa shape index (κ3) is 7.61. The van der Waals surface area contributed by atoms with Gasteiger partial charge in [-0.05, 0) is 32.3 Å². The number of amides is 1. The summed E-state index contributed by atoms with van der Waals surface area (Å²) in [6.45, 7) is 13.6. The minimum Gasteiger partial charge on any atom is -0.507 e. The summed E-state index contributed by atoms with van der Waals surface area (Å²) in [4.78, 5) is 36.5. The average molecular weight is 805 g/mol. The van der Waals surface area contributed by atoms with Gasteiger partial charge in [0.1, 0.15) is 28.6 Å². The molecule has 0 unspecified atom stereocenters. The molecule has 1 spiro atoms. The minimum atomic E-state index is -1.22. The second kappa shape index (κ2) is 16.2. The van der Waals surface area contributed by atoms with Gasteiger partial charge >= 0.3 is 5.97 Å². The molecule has 4 heterocycles. The standard InChI is InChI=1S/C43H56N4O9S/c1-20-12-10-13-21(2)41(53)45-33-32-31(46-43(47-32)16-18-57-19-17-43)28-29(37(33)52)36(51)25(6)39-30(28)40(44)42(8,56-39)15-11-14-27(54-9)22(3)38(55-26(7)48)24(5)35(50)23(4)34(20)49/h10-14,20,22-24,27,34-35,38,44,49-52H,15-19H2,1-9H3,(H,45,53)/b12-10+,14-11+,21-13-,44-40?/t20-,22+,23+,24+,27-,34-,35+,38+,42+/m0/s1. The van der Waals surface area contributed by atoms with Crippen LogP contribution in [0.1, 0.15) is 78.9 Å². The van der Waals surface area contributed by atoms with E-state index in [4.69, 9.17) is 24.2 Å². The van der Waals surface area contributed by atoms with Crippen LogP contribution in [0, 0.1) is 36.0 Å². The summed E-state index contributed by atoms with van der Waals surface area (Å²) in [5, 5.41) is 60.3. The fraction of sp³-hybridized carbons (Fsp3) is 0.558. The lowest BCUT2D eigenvalue weighted by Crippen LogP contribution is -2.46. The molecule has 308 valence electrons. The summed E-state index contributed by atoms with van der Waals surface area (Å²) in [6.07, 6.45) is 6.69. The number of hydrogen-bond donors (Lipinski definition) is 6. The first kappa shape index (κ1) is 42.4. The largest absolute Gasteiger partial charge is 0.507 e. The van der Waals surface area contributed by atoms with Crippen molar-refractivity contribution < 1.29 is 44.2 Å². The Morgan fingerprint density at radius 3 is 2.30 bits per heavy atom. The van der Waals surface area contributed by atoms with Crippen LogP contribution in [0.5, 0.6) is 17.2 Å². The van der Waals surface area contributed by atoms with Crippen LogP contribution in [0.3, 0.4) is 0 Å². The number of carbonyl (C=O) groups is 2. The van der Waals surface area contributed by atoms with E-state index in [2.05, 4.69) is 5.32 Å². The molecule has 2 aromatic rings. The van der Waals surface area contributed by atoms with Gasteiger partial charge in [-0.15, -0.1) is 0 Å². The van der Waals surface area contributed by atoms with Gasteiger partial charge in [0.15, 0.2) is 17.0 Å². The molecule has 1 amide bonds. The summed E-state index contributed by atoms with van der Waals surface area (Å²) in [7, 11) is 1.54. The zero-order chi connectivity index (χ0) is 41.7. The summed E-state index contributed by atoms with van der Waals surface area (Å²) in [6, 6.07) is 0. The molecule has 14 heteroatoms. The predicted molar refractivity (Wildman–Crippen MR) is 220 cm³/mol. The first-order valence-electron chi connectivity index (χ1n) is 19.7. The van der Waals surface area contributed by atoms with Gasteiger partial charge in [-0.2, -0.15) is 11.8 Å². The number of fused-ring (bicyclic) bond motifs is 1. The number of thioether (sulfide) groups is 1. The molecule has 2 aromatic carbocycles. The van der Waals surface area contributed by atoms with Crippen molar-refractivity contribution in [1.29, 1.82) is 5.41 Å². The van der Waals surface area contributed by atoms with E-state index in [1.54, 1.807) is 78.6 Å². The fourth-order valence-corrected chi connectivity index (χ4v) is 9.78. The van der Waals surface area contributed by atoms with Gasteiger partial charge in [-0.1, -0.05) is 58.1 Å². The maximum Gasteiger partial charge on any atom is 0.302 e. The number of aliphatic hydroxyl groups is 2. The topological polar surface area (TPSA) is 203 Å². The van der Waals surface area contributed by atoms with Crippen molar-refractivity contribution in [3.63, 3.8) is 0 Å². The second-order valence-corrected chi connectivity index (χ2v) is 17.6. The number of allylic oxidation sites excluding steroid dienone is 2. The van der Waals surface area contributed by atoms with Crippen molar-refractivity contribution >= 4 is 45.8 Å². The molecule has 4 aliphatic heterocycles. The number of methoxy groups -OCH3 is 1. The Balaban J connectivity index is 1.55. The van der Waals surface area contributed by atoms with E-state index in [1.165, 1.54) is 6.92 Å². The predicted octanol–water partition coefficient (Wildman–Crippen LogP) is 5.17. The molecule has 0 radical (unpaired) electrons. The lowest BCUT2D eigenvalue weighted by atomic mass is 9.78. The van der Waals surface area contributed by atoms with Crippen LogP contribution >= 0.6 is 11.8 Å². The van der Waals surface area contributed by atoms with E-state index in [-0.39, 0.29) is 39.9 Å². The van der Waals surface area contributed by atoms with Crippen LogP contribution in [-0.2, 0) is 19.1 Å². The number of rotatable bonds is 2. The highest BCUT2D eigenvalue weighted by Crippen LogP contribution is 2.50. The number of nitrogens with one attached hydrogen (secondary N) is 2. The Labute approximate surface area is 337 Å². The third-order valence-electron chi connectivity index (χ3n) is 12.3. The number of phenolic OH excluding ortho intramolecular Hbond substituents is 2. The SMILES string of the molecule is CO[C@H]1/C=C/C[C@@]2(C)Oc3c(C)c(O)c4c(O)c(c5c(c4c3C2=N)=NC2(CCSCC2)N=5)NC(=O)/C(C)=C\C=C\[C@H](C)[C@H](O)[C@@H](C)[C@@H](O)[C@@H](C)[C@H](OC(C)=O)[C@@H]1C. The Morgan fingerprint density at radius 1 is 0.982 bits per heavy atom. The van der Waals surface area contributed by atoms with Gasteiger partial charge in [-0.3, -0.25) is 19.6 Å². The highest BCUT2D eigenvalue weighted by atomic mass is 32.2. The number of aromatic hydroxyl groups is 2.